The number of benzene rings is 1. The first-order chi connectivity index (χ1) is 11.1. The van der Waals surface area contributed by atoms with Crippen LogP contribution in [0.2, 0.25) is 0 Å². The number of carbonyl (C=O) groups excluding carboxylic acids is 2. The predicted molar refractivity (Wildman–Crippen MR) is 84.3 cm³/mol. The van der Waals surface area contributed by atoms with Crippen molar-refractivity contribution in [3.05, 3.63) is 42.2 Å². The van der Waals surface area contributed by atoms with Crippen molar-refractivity contribution in [2.24, 2.45) is 0 Å². The molecule has 0 aliphatic carbocycles. The normalized spacial score (nSPS) is 10.2. The topological polar surface area (TPSA) is 82.5 Å². The van der Waals surface area contributed by atoms with Crippen LogP contribution in [0.4, 0.5) is 10.5 Å². The first-order valence-corrected chi connectivity index (χ1v) is 7.30. The van der Waals surface area contributed by atoms with Gasteiger partial charge in [-0.15, -0.1) is 0 Å². The minimum atomic E-state index is -0.551. The van der Waals surface area contributed by atoms with Crippen molar-refractivity contribution >= 4 is 17.7 Å². The van der Waals surface area contributed by atoms with Gasteiger partial charge in [-0.3, -0.25) is 14.8 Å². The van der Waals surface area contributed by atoms with Crippen molar-refractivity contribution in [2.45, 2.75) is 26.8 Å². The van der Waals surface area contributed by atoms with Gasteiger partial charge in [0.05, 0.1) is 25.8 Å². The Bertz CT molecular complexity index is 681. The number of nitrogens with one attached hydrogen (secondary N) is 1. The van der Waals surface area contributed by atoms with Gasteiger partial charge in [0.1, 0.15) is 5.75 Å². The lowest BCUT2D eigenvalue weighted by molar-refractivity contribution is -0.134. The van der Waals surface area contributed by atoms with Gasteiger partial charge in [0.2, 0.25) is 0 Å². The summed E-state index contributed by atoms with van der Waals surface area (Å²) < 4.78 is 11.7. The third-order valence-corrected chi connectivity index (χ3v) is 2.89. The fourth-order valence-corrected chi connectivity index (χ4v) is 1.90. The number of aromatic nitrogens is 2. The molecule has 0 aliphatic rings. The van der Waals surface area contributed by atoms with E-state index in [1.54, 1.807) is 42.1 Å². The van der Waals surface area contributed by atoms with Gasteiger partial charge in [-0.05, 0) is 31.5 Å². The zero-order valence-corrected chi connectivity index (χ0v) is 13.1. The molecule has 1 aromatic carbocycles. The number of hydrogen-bond donors (Lipinski definition) is 1. The standard InChI is InChI=1S/C16H19N3O4/c1-3-22-16(21)18-13-5-4-6-14(9-13)23-15(20)7-8-19-11-12(2)10-17-19/h4-6,9-11H,3,7-8H2,1-2H3,(H,18,21). The Morgan fingerprint density at radius 1 is 1.35 bits per heavy atom. The first-order valence-electron chi connectivity index (χ1n) is 7.30. The van der Waals surface area contributed by atoms with Crippen LogP contribution in [0.15, 0.2) is 36.7 Å². The van der Waals surface area contributed by atoms with Crippen LogP contribution >= 0.6 is 0 Å². The highest BCUT2D eigenvalue weighted by Gasteiger charge is 2.08. The summed E-state index contributed by atoms with van der Waals surface area (Å²) in [5.41, 5.74) is 1.53. The zero-order valence-electron chi connectivity index (χ0n) is 13.1. The van der Waals surface area contributed by atoms with E-state index in [1.807, 2.05) is 13.1 Å². The molecule has 7 heteroatoms. The number of rotatable bonds is 6. The Kier molecular flexibility index (Phi) is 5.74. The average Bonchev–Trinajstić information content (AvgIpc) is 2.91. The van der Waals surface area contributed by atoms with E-state index < -0.39 is 6.09 Å². The van der Waals surface area contributed by atoms with Gasteiger partial charge < -0.3 is 9.47 Å². The lowest BCUT2D eigenvalue weighted by Gasteiger charge is -2.08. The summed E-state index contributed by atoms with van der Waals surface area (Å²) in [6.45, 7) is 4.39. The zero-order chi connectivity index (χ0) is 16.7. The van der Waals surface area contributed by atoms with Gasteiger partial charge >= 0.3 is 12.1 Å². The molecule has 0 bridgehead atoms. The Hall–Kier alpha value is -2.83. The minimum Gasteiger partial charge on any atom is -0.450 e. The molecule has 0 saturated carbocycles. The smallest absolute Gasteiger partial charge is 0.411 e. The van der Waals surface area contributed by atoms with Crippen molar-refractivity contribution in [1.29, 1.82) is 0 Å². The molecule has 0 spiro atoms. The Morgan fingerprint density at radius 2 is 2.17 bits per heavy atom. The fraction of sp³-hybridized carbons (Fsp3) is 0.312. The van der Waals surface area contributed by atoms with Gasteiger partial charge in [0, 0.05) is 18.0 Å². The van der Waals surface area contributed by atoms with Gasteiger partial charge in [-0.2, -0.15) is 5.10 Å². The van der Waals surface area contributed by atoms with E-state index >= 15 is 0 Å². The summed E-state index contributed by atoms with van der Waals surface area (Å²) in [5, 5.41) is 6.66. The number of anilines is 1. The molecule has 0 fully saturated rings. The van der Waals surface area contributed by atoms with Crippen molar-refractivity contribution < 1.29 is 19.1 Å². The maximum absolute atomic E-state index is 11.9. The SMILES string of the molecule is CCOC(=O)Nc1cccc(OC(=O)CCn2cc(C)cn2)c1. The number of ether oxygens (including phenoxy) is 2. The average molecular weight is 317 g/mol. The number of carbonyl (C=O) groups is 2. The third kappa shape index (κ3) is 5.46. The quantitative estimate of drug-likeness (QED) is 0.654. The number of esters is 1. The summed E-state index contributed by atoms with van der Waals surface area (Å²) in [6, 6.07) is 6.57. The van der Waals surface area contributed by atoms with E-state index in [9.17, 15) is 9.59 Å². The van der Waals surface area contributed by atoms with Crippen LogP contribution in [0.25, 0.3) is 0 Å². The summed E-state index contributed by atoms with van der Waals surface area (Å²) >= 11 is 0. The molecule has 0 atom stereocenters. The highest BCUT2D eigenvalue weighted by Crippen LogP contribution is 2.18. The molecule has 0 saturated heterocycles. The van der Waals surface area contributed by atoms with E-state index in [0.717, 1.165) is 5.56 Å². The molecule has 7 nitrogen and oxygen atoms in total. The molecule has 1 N–H and O–H groups in total. The number of nitrogens with zero attached hydrogens (tertiary/aromatic N) is 2. The number of aryl methyl sites for hydroxylation is 2. The van der Waals surface area contributed by atoms with E-state index in [0.29, 0.717) is 18.0 Å². The third-order valence-electron chi connectivity index (χ3n) is 2.89. The molecule has 2 rings (SSSR count). The van der Waals surface area contributed by atoms with Gasteiger partial charge in [0.25, 0.3) is 0 Å². The van der Waals surface area contributed by atoms with E-state index in [-0.39, 0.29) is 19.0 Å². The first kappa shape index (κ1) is 16.5. The van der Waals surface area contributed by atoms with Gasteiger partial charge in [-0.1, -0.05) is 6.07 Å². The summed E-state index contributed by atoms with van der Waals surface area (Å²) in [6.07, 6.45) is 3.24. The maximum atomic E-state index is 11.9. The largest absolute Gasteiger partial charge is 0.450 e. The summed E-state index contributed by atoms with van der Waals surface area (Å²) in [5.74, 6) is -0.00705. The molecular weight excluding hydrogens is 298 g/mol. The van der Waals surface area contributed by atoms with E-state index in [4.69, 9.17) is 9.47 Å². The van der Waals surface area contributed by atoms with Crippen LogP contribution < -0.4 is 10.1 Å². The minimum absolute atomic E-state index is 0.205. The monoisotopic (exact) mass is 317 g/mol. The van der Waals surface area contributed by atoms with Gasteiger partial charge in [0.15, 0.2) is 0 Å². The summed E-state index contributed by atoms with van der Waals surface area (Å²) in [4.78, 5) is 23.2. The predicted octanol–water partition coefficient (Wildman–Crippen LogP) is 2.76. The molecule has 1 amide bonds. The van der Waals surface area contributed by atoms with Crippen molar-refractivity contribution in [3.8, 4) is 5.75 Å². The van der Waals surface area contributed by atoms with Crippen molar-refractivity contribution in [2.75, 3.05) is 11.9 Å². The Labute approximate surface area is 134 Å². The molecule has 2 aromatic rings. The molecule has 1 heterocycles. The van der Waals surface area contributed by atoms with Crippen molar-refractivity contribution in [3.63, 3.8) is 0 Å². The fourth-order valence-electron chi connectivity index (χ4n) is 1.90. The summed E-state index contributed by atoms with van der Waals surface area (Å²) in [7, 11) is 0. The lowest BCUT2D eigenvalue weighted by Crippen LogP contribution is -2.14. The Morgan fingerprint density at radius 3 is 2.87 bits per heavy atom. The second-order valence-electron chi connectivity index (χ2n) is 4.88. The van der Waals surface area contributed by atoms with Crippen LogP contribution in [0.5, 0.6) is 5.75 Å². The van der Waals surface area contributed by atoms with Crippen LogP contribution in [0, 0.1) is 6.92 Å². The van der Waals surface area contributed by atoms with Crippen molar-refractivity contribution in [1.82, 2.24) is 9.78 Å². The van der Waals surface area contributed by atoms with E-state index in [2.05, 4.69) is 10.4 Å². The molecule has 0 aliphatic heterocycles. The van der Waals surface area contributed by atoms with Gasteiger partial charge in [-0.25, -0.2) is 4.79 Å². The second kappa shape index (κ2) is 7.98. The Balaban J connectivity index is 1.86. The van der Waals surface area contributed by atoms with Crippen LogP contribution in [-0.2, 0) is 16.1 Å². The molecule has 0 unspecified atom stereocenters. The molecule has 1 aromatic heterocycles. The van der Waals surface area contributed by atoms with Crippen LogP contribution in [0.1, 0.15) is 18.9 Å². The van der Waals surface area contributed by atoms with E-state index in [1.165, 1.54) is 0 Å². The highest BCUT2D eigenvalue weighted by molar-refractivity contribution is 5.85. The van der Waals surface area contributed by atoms with Crippen LogP contribution in [0.3, 0.4) is 0 Å². The molecule has 0 radical (unpaired) electrons. The highest BCUT2D eigenvalue weighted by atomic mass is 16.5. The molecule has 23 heavy (non-hydrogen) atoms. The number of amides is 1. The van der Waals surface area contributed by atoms with Crippen LogP contribution in [-0.4, -0.2) is 28.4 Å². The molecule has 122 valence electrons. The molecular formula is C16H19N3O4. The maximum Gasteiger partial charge on any atom is 0.411 e. The lowest BCUT2D eigenvalue weighted by atomic mass is 10.3. The number of hydrogen-bond acceptors (Lipinski definition) is 5. The second-order valence-corrected chi connectivity index (χ2v) is 4.88.